The van der Waals surface area contributed by atoms with Crippen molar-refractivity contribution < 1.29 is 12.8 Å². The maximum Gasteiger partial charge on any atom is 0.232 e. The highest BCUT2D eigenvalue weighted by atomic mass is 35.5. The van der Waals surface area contributed by atoms with E-state index < -0.39 is 15.8 Å². The van der Waals surface area contributed by atoms with Crippen LogP contribution in [0.1, 0.15) is 65.7 Å². The van der Waals surface area contributed by atoms with Crippen molar-refractivity contribution in [1.29, 1.82) is 0 Å². The van der Waals surface area contributed by atoms with E-state index in [0.29, 0.717) is 12.1 Å². The average Bonchev–Trinajstić information content (AvgIpc) is 3.64. The third-order valence-electron chi connectivity index (χ3n) is 7.22. The van der Waals surface area contributed by atoms with Crippen LogP contribution in [0.5, 0.6) is 0 Å². The molecule has 0 amide bonds. The largest absolute Gasteiger partial charge is 0.370 e. The van der Waals surface area contributed by atoms with Crippen LogP contribution in [0, 0.1) is 17.7 Å². The Bertz CT molecular complexity index is 1360. The molecule has 4 rings (SSSR count). The summed E-state index contributed by atoms with van der Waals surface area (Å²) in [5.74, 6) is 1.05. The van der Waals surface area contributed by atoms with Crippen LogP contribution in [0.15, 0.2) is 36.8 Å². The molecule has 0 spiro atoms. The van der Waals surface area contributed by atoms with Crippen LogP contribution in [0.25, 0.3) is 16.9 Å². The lowest BCUT2D eigenvalue weighted by Gasteiger charge is -2.25. The van der Waals surface area contributed by atoms with Crippen molar-refractivity contribution in [3.05, 3.63) is 47.6 Å². The van der Waals surface area contributed by atoms with Gasteiger partial charge >= 0.3 is 0 Å². The van der Waals surface area contributed by atoms with Gasteiger partial charge in [0.15, 0.2) is 5.82 Å². The number of halogens is 2. The van der Waals surface area contributed by atoms with E-state index in [4.69, 9.17) is 11.6 Å². The summed E-state index contributed by atoms with van der Waals surface area (Å²) in [5, 5.41) is 8.24. The highest BCUT2D eigenvalue weighted by Crippen LogP contribution is 2.40. The first-order chi connectivity index (χ1) is 18.8. The van der Waals surface area contributed by atoms with Crippen LogP contribution in [-0.2, 0) is 10.0 Å². The van der Waals surface area contributed by atoms with Gasteiger partial charge in [-0.1, -0.05) is 44.0 Å². The molecular formula is C28H38ClFN6O2S. The molecule has 1 atom stereocenters. The lowest BCUT2D eigenvalue weighted by Crippen LogP contribution is -2.26. The van der Waals surface area contributed by atoms with Crippen LogP contribution >= 0.6 is 11.6 Å². The number of nitrogens with zero attached hydrogens (tertiary/aromatic N) is 5. The zero-order valence-electron chi connectivity index (χ0n) is 22.9. The smallest absolute Gasteiger partial charge is 0.232 e. The van der Waals surface area contributed by atoms with E-state index >= 15 is 0 Å². The van der Waals surface area contributed by atoms with Crippen molar-refractivity contribution in [3.8, 4) is 16.9 Å². The quantitative estimate of drug-likeness (QED) is 0.216. The van der Waals surface area contributed by atoms with Gasteiger partial charge in [0.25, 0.3) is 0 Å². The summed E-state index contributed by atoms with van der Waals surface area (Å²) in [6.45, 7) is 8.13. The fourth-order valence-corrected chi connectivity index (χ4v) is 6.58. The van der Waals surface area contributed by atoms with E-state index in [9.17, 15) is 12.8 Å². The molecule has 11 heteroatoms. The second-order valence-electron chi connectivity index (χ2n) is 10.3. The lowest BCUT2D eigenvalue weighted by molar-refractivity contribution is 0.403. The van der Waals surface area contributed by atoms with Crippen LogP contribution in [0.3, 0.4) is 0 Å². The molecule has 1 fully saturated rings. The van der Waals surface area contributed by atoms with E-state index in [1.807, 2.05) is 12.3 Å². The molecule has 3 aromatic rings. The summed E-state index contributed by atoms with van der Waals surface area (Å²) in [4.78, 5) is 6.82. The minimum Gasteiger partial charge on any atom is -0.370 e. The number of benzene rings is 1. The molecular weight excluding hydrogens is 539 g/mol. The molecule has 2 heterocycles. The van der Waals surface area contributed by atoms with E-state index in [-0.39, 0.29) is 22.2 Å². The number of nitrogens with one attached hydrogen (secondary N) is 1. The SMILES string of the molecule is CCCN(CCCC(CC)C1CC1)c1cncc(-c2cn(-c3c(F)ccc(NS(=O)(=O)CCC)c3Cl)nn2)c1. The van der Waals surface area contributed by atoms with Gasteiger partial charge < -0.3 is 4.90 Å². The van der Waals surface area contributed by atoms with Crippen molar-refractivity contribution in [2.24, 2.45) is 11.8 Å². The summed E-state index contributed by atoms with van der Waals surface area (Å²) in [7, 11) is -3.60. The van der Waals surface area contributed by atoms with Gasteiger partial charge in [0, 0.05) is 24.8 Å². The van der Waals surface area contributed by atoms with Gasteiger partial charge in [-0.05, 0) is 68.6 Å². The number of rotatable bonds is 15. The van der Waals surface area contributed by atoms with Gasteiger partial charge in [0.2, 0.25) is 10.0 Å². The number of anilines is 2. The fraction of sp³-hybridized carbons (Fsp3) is 0.536. The first-order valence-corrected chi connectivity index (χ1v) is 15.9. The molecule has 0 aliphatic heterocycles. The van der Waals surface area contributed by atoms with Gasteiger partial charge in [0.05, 0.1) is 34.5 Å². The molecule has 1 saturated carbocycles. The first-order valence-electron chi connectivity index (χ1n) is 13.9. The van der Waals surface area contributed by atoms with Crippen LogP contribution < -0.4 is 9.62 Å². The second-order valence-corrected chi connectivity index (χ2v) is 12.5. The van der Waals surface area contributed by atoms with E-state index in [1.54, 1.807) is 19.3 Å². The van der Waals surface area contributed by atoms with Crippen molar-refractivity contribution in [2.45, 2.75) is 65.7 Å². The minimum absolute atomic E-state index is 0.0679. The summed E-state index contributed by atoms with van der Waals surface area (Å²) in [5.41, 5.74) is 2.28. The van der Waals surface area contributed by atoms with Crippen molar-refractivity contribution in [3.63, 3.8) is 0 Å². The molecule has 39 heavy (non-hydrogen) atoms. The Morgan fingerprint density at radius 1 is 1.18 bits per heavy atom. The Hall–Kier alpha value is -2.72. The van der Waals surface area contributed by atoms with Gasteiger partial charge in [0.1, 0.15) is 11.4 Å². The lowest BCUT2D eigenvalue weighted by atomic mass is 9.95. The zero-order valence-corrected chi connectivity index (χ0v) is 24.5. The molecule has 1 aromatic carbocycles. The Morgan fingerprint density at radius 3 is 2.67 bits per heavy atom. The molecule has 0 radical (unpaired) electrons. The van der Waals surface area contributed by atoms with Crippen LogP contribution in [-0.4, -0.2) is 47.2 Å². The summed E-state index contributed by atoms with van der Waals surface area (Å²) in [6.07, 6.45) is 13.0. The Labute approximate surface area is 236 Å². The zero-order chi connectivity index (χ0) is 28.0. The monoisotopic (exact) mass is 576 g/mol. The predicted octanol–water partition coefficient (Wildman–Crippen LogP) is 6.71. The number of pyridine rings is 1. The Balaban J connectivity index is 1.54. The maximum absolute atomic E-state index is 14.8. The van der Waals surface area contributed by atoms with Crippen molar-refractivity contribution >= 4 is 33.0 Å². The molecule has 1 aliphatic rings. The molecule has 2 aromatic heterocycles. The van der Waals surface area contributed by atoms with Gasteiger partial charge in [-0.25, -0.2) is 17.5 Å². The van der Waals surface area contributed by atoms with Gasteiger partial charge in [-0.15, -0.1) is 5.10 Å². The molecule has 1 unspecified atom stereocenters. The number of sulfonamides is 1. The minimum atomic E-state index is -3.60. The number of hydrogen-bond donors (Lipinski definition) is 1. The average molecular weight is 577 g/mol. The summed E-state index contributed by atoms with van der Waals surface area (Å²) >= 11 is 6.44. The highest BCUT2D eigenvalue weighted by molar-refractivity contribution is 7.92. The molecule has 0 bridgehead atoms. The third-order valence-corrected chi connectivity index (χ3v) is 9.08. The third kappa shape index (κ3) is 7.48. The molecule has 1 N–H and O–H groups in total. The van der Waals surface area contributed by atoms with E-state index in [1.165, 1.54) is 36.4 Å². The number of hydrogen-bond acceptors (Lipinski definition) is 6. The van der Waals surface area contributed by atoms with E-state index in [0.717, 1.165) is 55.1 Å². The predicted molar refractivity (Wildman–Crippen MR) is 156 cm³/mol. The normalized spacial score (nSPS) is 14.4. The molecule has 212 valence electrons. The highest BCUT2D eigenvalue weighted by Gasteiger charge is 2.29. The number of aromatic nitrogens is 4. The maximum atomic E-state index is 14.8. The Morgan fingerprint density at radius 2 is 1.97 bits per heavy atom. The first kappa shape index (κ1) is 29.3. The standard InChI is InChI=1S/C28H38ClFN6O2S/c1-4-13-35(14-7-8-20(6-3)21-9-10-21)23-16-22(17-31-18-23)26-19-36(34-32-26)28-24(30)11-12-25(27(28)29)33-39(37,38)15-5-2/h11-12,16-21,33H,4-10,13-15H2,1-3H3. The molecule has 0 saturated heterocycles. The van der Waals surface area contributed by atoms with Gasteiger partial charge in [-0.2, -0.15) is 0 Å². The van der Waals surface area contributed by atoms with Crippen molar-refractivity contribution in [1.82, 2.24) is 20.0 Å². The summed E-state index contributed by atoms with van der Waals surface area (Å²) in [6, 6.07) is 4.49. The van der Waals surface area contributed by atoms with E-state index in [2.05, 4.69) is 38.8 Å². The molecule has 1 aliphatic carbocycles. The van der Waals surface area contributed by atoms with Crippen LogP contribution in [0.2, 0.25) is 5.02 Å². The molecule has 8 nitrogen and oxygen atoms in total. The second kappa shape index (κ2) is 13.1. The summed E-state index contributed by atoms with van der Waals surface area (Å²) < 4.78 is 43.0. The fourth-order valence-electron chi connectivity index (χ4n) is 5.09. The topological polar surface area (TPSA) is 93.0 Å². The van der Waals surface area contributed by atoms with Gasteiger partial charge in [-0.3, -0.25) is 9.71 Å². The van der Waals surface area contributed by atoms with Crippen molar-refractivity contribution in [2.75, 3.05) is 28.5 Å². The Kier molecular flexibility index (Phi) is 9.82. The van der Waals surface area contributed by atoms with Crippen LogP contribution in [0.4, 0.5) is 15.8 Å².